The van der Waals surface area contributed by atoms with Crippen molar-refractivity contribution in [2.24, 2.45) is 0 Å². The molecule has 3 heterocycles. The number of carbonyl (C=O) groups excluding carboxylic acids is 1. The molecule has 0 spiro atoms. The predicted molar refractivity (Wildman–Crippen MR) is 107 cm³/mol. The summed E-state index contributed by atoms with van der Waals surface area (Å²) in [5, 5.41) is 1.21. The Morgan fingerprint density at radius 3 is 2.73 bits per heavy atom. The van der Waals surface area contributed by atoms with Gasteiger partial charge in [-0.1, -0.05) is 12.1 Å². The van der Waals surface area contributed by atoms with E-state index in [1.807, 2.05) is 34.7 Å². The number of hydrogen-bond donors (Lipinski definition) is 0. The second kappa shape index (κ2) is 6.45. The normalized spacial score (nSPS) is 15.8. The smallest absolute Gasteiger partial charge is 0.253 e. The van der Waals surface area contributed by atoms with E-state index < -0.39 is 0 Å². The van der Waals surface area contributed by atoms with Crippen LogP contribution < -0.4 is 0 Å². The fourth-order valence-corrected chi connectivity index (χ4v) is 5.42. The van der Waals surface area contributed by atoms with Gasteiger partial charge in [-0.15, -0.1) is 22.7 Å². The Labute approximate surface area is 159 Å². The Morgan fingerprint density at radius 2 is 1.88 bits per heavy atom. The summed E-state index contributed by atoms with van der Waals surface area (Å²) in [5.74, 6) is 0.587. The number of carbonyl (C=O) groups is 1. The zero-order chi connectivity index (χ0) is 17.5. The molecule has 0 unspecified atom stereocenters. The lowest BCUT2D eigenvalue weighted by Gasteiger charge is -2.31. The third-order valence-electron chi connectivity index (χ3n) is 5.02. The molecule has 2 aromatic heterocycles. The number of amides is 1. The standard InChI is InChI=1S/C20H17N3OS2/c24-20(14-5-6-15-18(11-14)25-12-21-15)23-9-7-13(8-10-23)19-22-16-3-1-2-4-17(16)26-19/h1-6,11-13H,7-10H2. The second-order valence-corrected chi connectivity index (χ2v) is 8.57. The average Bonchev–Trinajstić information content (AvgIpc) is 3.33. The van der Waals surface area contributed by atoms with Crippen molar-refractivity contribution in [2.45, 2.75) is 18.8 Å². The highest BCUT2D eigenvalue weighted by molar-refractivity contribution is 7.18. The lowest BCUT2D eigenvalue weighted by molar-refractivity contribution is 0.0713. The van der Waals surface area contributed by atoms with Crippen molar-refractivity contribution in [3.8, 4) is 0 Å². The van der Waals surface area contributed by atoms with Crippen molar-refractivity contribution in [3.05, 3.63) is 58.5 Å². The molecule has 0 radical (unpaired) electrons. The van der Waals surface area contributed by atoms with E-state index in [-0.39, 0.29) is 5.91 Å². The third kappa shape index (κ3) is 2.79. The van der Waals surface area contributed by atoms with Gasteiger partial charge in [0.1, 0.15) is 0 Å². The van der Waals surface area contributed by atoms with Crippen molar-refractivity contribution >= 4 is 49.0 Å². The minimum Gasteiger partial charge on any atom is -0.339 e. The topological polar surface area (TPSA) is 46.1 Å². The zero-order valence-electron chi connectivity index (χ0n) is 14.1. The lowest BCUT2D eigenvalue weighted by Crippen LogP contribution is -2.37. The van der Waals surface area contributed by atoms with Crippen LogP contribution in [0.3, 0.4) is 0 Å². The summed E-state index contributed by atoms with van der Waals surface area (Å²) in [6.07, 6.45) is 1.96. The number of para-hydroxylation sites is 1. The average molecular weight is 380 g/mol. The van der Waals surface area contributed by atoms with Crippen molar-refractivity contribution in [1.82, 2.24) is 14.9 Å². The van der Waals surface area contributed by atoms with Crippen molar-refractivity contribution < 1.29 is 4.79 Å². The molecule has 0 bridgehead atoms. The van der Waals surface area contributed by atoms with Crippen LogP contribution in [0.2, 0.25) is 0 Å². The number of rotatable bonds is 2. The third-order valence-corrected chi connectivity index (χ3v) is 7.01. The molecule has 1 aliphatic rings. The quantitative estimate of drug-likeness (QED) is 0.496. The molecule has 0 saturated carbocycles. The van der Waals surface area contributed by atoms with E-state index in [9.17, 15) is 4.79 Å². The summed E-state index contributed by atoms with van der Waals surface area (Å²) in [6.45, 7) is 1.58. The van der Waals surface area contributed by atoms with Crippen LogP contribution in [0.5, 0.6) is 0 Å². The van der Waals surface area contributed by atoms with Gasteiger partial charge in [-0.2, -0.15) is 0 Å². The number of benzene rings is 2. The highest BCUT2D eigenvalue weighted by Crippen LogP contribution is 2.34. The molecule has 4 aromatic rings. The van der Waals surface area contributed by atoms with Gasteiger partial charge in [-0.3, -0.25) is 4.79 Å². The van der Waals surface area contributed by atoms with Gasteiger partial charge in [0, 0.05) is 24.6 Å². The molecule has 5 rings (SSSR count). The van der Waals surface area contributed by atoms with Crippen LogP contribution in [0.25, 0.3) is 20.4 Å². The van der Waals surface area contributed by atoms with Crippen LogP contribution in [0.4, 0.5) is 0 Å². The maximum absolute atomic E-state index is 12.8. The van der Waals surface area contributed by atoms with Crippen molar-refractivity contribution in [2.75, 3.05) is 13.1 Å². The maximum Gasteiger partial charge on any atom is 0.253 e. The number of piperidine rings is 1. The van der Waals surface area contributed by atoms with Crippen molar-refractivity contribution in [3.63, 3.8) is 0 Å². The van der Waals surface area contributed by atoms with Crippen LogP contribution in [-0.4, -0.2) is 33.9 Å². The van der Waals surface area contributed by atoms with Gasteiger partial charge in [0.2, 0.25) is 0 Å². The molecule has 0 N–H and O–H groups in total. The van der Waals surface area contributed by atoms with Gasteiger partial charge >= 0.3 is 0 Å². The van der Waals surface area contributed by atoms with Gasteiger partial charge in [0.15, 0.2) is 0 Å². The van der Waals surface area contributed by atoms with E-state index >= 15 is 0 Å². The van der Waals surface area contributed by atoms with Crippen LogP contribution >= 0.6 is 22.7 Å². The van der Waals surface area contributed by atoms with Crippen LogP contribution in [0.15, 0.2) is 48.0 Å². The number of aromatic nitrogens is 2. The monoisotopic (exact) mass is 379 g/mol. The summed E-state index contributed by atoms with van der Waals surface area (Å²) in [5.41, 5.74) is 4.63. The molecule has 1 saturated heterocycles. The molecule has 130 valence electrons. The van der Waals surface area contributed by atoms with E-state index in [0.717, 1.165) is 47.2 Å². The van der Waals surface area contributed by atoms with Gasteiger partial charge in [0.25, 0.3) is 5.91 Å². The van der Waals surface area contributed by atoms with E-state index in [2.05, 4.69) is 23.2 Å². The molecule has 1 aliphatic heterocycles. The summed E-state index contributed by atoms with van der Waals surface area (Å²) in [6, 6.07) is 14.1. The van der Waals surface area contributed by atoms with Crippen LogP contribution in [0, 0.1) is 0 Å². The molecule has 0 atom stereocenters. The van der Waals surface area contributed by atoms with Gasteiger partial charge in [-0.25, -0.2) is 9.97 Å². The van der Waals surface area contributed by atoms with E-state index in [1.54, 1.807) is 22.7 Å². The molecule has 2 aromatic carbocycles. The molecule has 6 heteroatoms. The molecule has 1 fully saturated rings. The maximum atomic E-state index is 12.8. The first-order valence-electron chi connectivity index (χ1n) is 8.76. The molecule has 0 aliphatic carbocycles. The summed E-state index contributed by atoms with van der Waals surface area (Å²) in [7, 11) is 0. The Bertz CT molecular complexity index is 1060. The second-order valence-electron chi connectivity index (χ2n) is 6.62. The number of hydrogen-bond acceptors (Lipinski definition) is 5. The van der Waals surface area contributed by atoms with Gasteiger partial charge in [0.05, 0.1) is 31.0 Å². The summed E-state index contributed by atoms with van der Waals surface area (Å²) < 4.78 is 2.32. The molecule has 1 amide bonds. The zero-order valence-corrected chi connectivity index (χ0v) is 15.7. The Morgan fingerprint density at radius 1 is 1.04 bits per heavy atom. The van der Waals surface area contributed by atoms with Crippen LogP contribution in [-0.2, 0) is 0 Å². The number of thiazole rings is 2. The number of likely N-dealkylation sites (tertiary alicyclic amines) is 1. The van der Waals surface area contributed by atoms with E-state index in [0.29, 0.717) is 5.92 Å². The molecular formula is C20H17N3OS2. The highest BCUT2D eigenvalue weighted by Gasteiger charge is 2.26. The first-order valence-corrected chi connectivity index (χ1v) is 10.5. The van der Waals surface area contributed by atoms with Crippen molar-refractivity contribution in [1.29, 1.82) is 0 Å². The first-order chi connectivity index (χ1) is 12.8. The Hall–Kier alpha value is -2.31. The largest absolute Gasteiger partial charge is 0.339 e. The number of nitrogens with zero attached hydrogens (tertiary/aromatic N) is 3. The first kappa shape index (κ1) is 15.9. The fraction of sp³-hybridized carbons (Fsp3) is 0.250. The van der Waals surface area contributed by atoms with Gasteiger partial charge in [-0.05, 0) is 43.2 Å². The Kier molecular flexibility index (Phi) is 3.94. The Balaban J connectivity index is 1.30. The number of fused-ring (bicyclic) bond motifs is 2. The molecule has 26 heavy (non-hydrogen) atoms. The summed E-state index contributed by atoms with van der Waals surface area (Å²) in [4.78, 5) is 23.9. The minimum absolute atomic E-state index is 0.128. The predicted octanol–water partition coefficient (Wildman–Crippen LogP) is 4.93. The fourth-order valence-electron chi connectivity index (χ4n) is 3.56. The van der Waals surface area contributed by atoms with Gasteiger partial charge < -0.3 is 4.90 Å². The summed E-state index contributed by atoms with van der Waals surface area (Å²) >= 11 is 3.37. The highest BCUT2D eigenvalue weighted by atomic mass is 32.1. The lowest BCUT2D eigenvalue weighted by atomic mass is 9.97. The van der Waals surface area contributed by atoms with Crippen LogP contribution in [0.1, 0.15) is 34.1 Å². The van der Waals surface area contributed by atoms with E-state index in [4.69, 9.17) is 4.98 Å². The minimum atomic E-state index is 0.128. The SMILES string of the molecule is O=C(c1ccc2ncsc2c1)N1CCC(c2nc3ccccc3s2)CC1. The van der Waals surface area contributed by atoms with E-state index in [1.165, 1.54) is 9.71 Å². The molecule has 4 nitrogen and oxygen atoms in total. The molecular weight excluding hydrogens is 362 g/mol.